The van der Waals surface area contributed by atoms with Crippen LogP contribution < -0.4 is 19.6 Å². The molecule has 0 atom stereocenters. The molecule has 1 aliphatic rings. The highest BCUT2D eigenvalue weighted by atomic mass is 79.9. The topological polar surface area (TPSA) is 130 Å². The summed E-state index contributed by atoms with van der Waals surface area (Å²) in [6, 6.07) is 6.68. The van der Waals surface area contributed by atoms with Gasteiger partial charge in [0.05, 0.1) is 26.3 Å². The first kappa shape index (κ1) is 23.9. The summed E-state index contributed by atoms with van der Waals surface area (Å²) < 4.78 is 12.0. The highest BCUT2D eigenvalue weighted by Crippen LogP contribution is 2.19. The summed E-state index contributed by atoms with van der Waals surface area (Å²) in [4.78, 5) is 19.1. The molecule has 0 spiro atoms. The molecule has 1 N–H and O–H groups in total. The first-order valence-corrected chi connectivity index (χ1v) is 11.7. The van der Waals surface area contributed by atoms with Crippen molar-refractivity contribution in [3.8, 4) is 5.75 Å². The number of pyridine rings is 1. The molecule has 2 aromatic heterocycles. The van der Waals surface area contributed by atoms with Crippen LogP contribution in [0.4, 0.5) is 5.95 Å². The minimum Gasteiger partial charge on any atom is -0.739 e. The van der Waals surface area contributed by atoms with Gasteiger partial charge in [-0.2, -0.15) is 0 Å². The molecule has 4 rings (SSSR count). The Hall–Kier alpha value is -3.25. The Morgan fingerprint density at radius 1 is 1.24 bits per heavy atom. The number of piperidine rings is 1. The number of nitrogens with one attached hydrogen (secondary N) is 1. The molecule has 1 aliphatic heterocycles. The van der Waals surface area contributed by atoms with Crippen LogP contribution in [-0.2, 0) is 16.1 Å². The fourth-order valence-electron chi connectivity index (χ4n) is 3.85. The molecule has 1 aromatic carbocycles. The lowest BCUT2D eigenvalue weighted by Crippen LogP contribution is -2.44. The van der Waals surface area contributed by atoms with E-state index in [2.05, 4.69) is 36.2 Å². The summed E-state index contributed by atoms with van der Waals surface area (Å²) in [5.74, 6) is 0.201. The van der Waals surface area contributed by atoms with Crippen LogP contribution in [0.1, 0.15) is 24.8 Å². The fourth-order valence-corrected chi connectivity index (χ4v) is 4.20. The minimum atomic E-state index is -0.361. The van der Waals surface area contributed by atoms with Crippen molar-refractivity contribution in [3.63, 3.8) is 0 Å². The third kappa shape index (κ3) is 5.81. The number of rotatable bonds is 8. The summed E-state index contributed by atoms with van der Waals surface area (Å²) in [6.45, 7) is 2.51. The molecule has 0 unspecified atom stereocenters. The number of esters is 1. The van der Waals surface area contributed by atoms with E-state index in [1.165, 1.54) is 12.1 Å². The normalized spacial score (nSPS) is 14.8. The van der Waals surface area contributed by atoms with Crippen LogP contribution in [0, 0.1) is 10.4 Å². The number of benzene rings is 1. The van der Waals surface area contributed by atoms with Crippen LogP contribution in [-0.4, -0.2) is 53.8 Å². The lowest BCUT2D eigenvalue weighted by atomic mass is 10.1. The maximum Gasteiger partial charge on any atom is 0.460 e. The molecule has 3 heterocycles. The van der Waals surface area contributed by atoms with Gasteiger partial charge in [-0.1, -0.05) is 15.9 Å². The Bertz CT molecular complexity index is 1170. The molecule has 0 saturated carbocycles. The number of carbonyl (C=O) groups excluding carboxylic acids is 1. The monoisotopic (exact) mass is 532 g/mol. The fraction of sp³-hybridized carbons (Fsp3) is 0.409. The second-order valence-corrected chi connectivity index (χ2v) is 8.91. The standard InChI is InChI=1S/C22H25BrN6O5/c1-33-18-10-15(12-24-13-18)14-27-8-5-17(6-9-27)34-21(30)4-7-25-22-26-29(32)20-11-16(23)2-3-19(20)28(22)31/h2-3,10-13,17H,4-9,14H2,1H3,(H,25,26). The van der Waals surface area contributed by atoms with E-state index in [-0.39, 0.29) is 42.0 Å². The van der Waals surface area contributed by atoms with Gasteiger partial charge >= 0.3 is 17.4 Å². The lowest BCUT2D eigenvalue weighted by molar-refractivity contribution is -0.672. The Morgan fingerprint density at radius 3 is 2.79 bits per heavy atom. The van der Waals surface area contributed by atoms with Crippen molar-refractivity contribution in [3.05, 3.63) is 57.1 Å². The van der Waals surface area contributed by atoms with Gasteiger partial charge in [0.1, 0.15) is 11.9 Å². The van der Waals surface area contributed by atoms with Gasteiger partial charge in [-0.25, -0.2) is 4.73 Å². The van der Waals surface area contributed by atoms with Crippen LogP contribution in [0.25, 0.3) is 11.0 Å². The quantitative estimate of drug-likeness (QED) is 0.261. The smallest absolute Gasteiger partial charge is 0.460 e. The molecule has 3 aromatic rings. The third-order valence-electron chi connectivity index (χ3n) is 5.60. The van der Waals surface area contributed by atoms with Crippen LogP contribution in [0.3, 0.4) is 0 Å². The zero-order chi connectivity index (χ0) is 24.1. The number of halogens is 1. The largest absolute Gasteiger partial charge is 0.739 e. The predicted octanol–water partition coefficient (Wildman–Crippen LogP) is 1.68. The average Bonchev–Trinajstić information content (AvgIpc) is 2.83. The highest BCUT2D eigenvalue weighted by molar-refractivity contribution is 9.10. The van der Waals surface area contributed by atoms with Crippen LogP contribution in [0.15, 0.2) is 41.1 Å². The Balaban J connectivity index is 1.22. The van der Waals surface area contributed by atoms with Gasteiger partial charge in [-0.3, -0.25) is 20.0 Å². The Kier molecular flexibility index (Phi) is 7.58. The lowest BCUT2D eigenvalue weighted by Gasteiger charge is -2.31. The van der Waals surface area contributed by atoms with E-state index in [0.29, 0.717) is 14.0 Å². The van der Waals surface area contributed by atoms with Crippen molar-refractivity contribution in [1.29, 1.82) is 0 Å². The average molecular weight is 533 g/mol. The van der Waals surface area contributed by atoms with Gasteiger partial charge in [-0.15, -0.1) is 0 Å². The Morgan fingerprint density at radius 2 is 2.03 bits per heavy atom. The molecular formula is C22H25BrN6O5. The molecule has 12 heteroatoms. The number of likely N-dealkylation sites (tertiary alicyclic amines) is 1. The molecule has 180 valence electrons. The van der Waals surface area contributed by atoms with E-state index < -0.39 is 0 Å². The van der Waals surface area contributed by atoms with E-state index in [1.54, 1.807) is 19.4 Å². The number of carbonyl (C=O) groups is 1. The number of hydrogen-bond acceptors (Lipinski definition) is 9. The van der Waals surface area contributed by atoms with Crippen LogP contribution in [0.2, 0.25) is 0 Å². The van der Waals surface area contributed by atoms with Gasteiger partial charge in [0.25, 0.3) is 0 Å². The minimum absolute atomic E-state index is 0.0502. The molecule has 1 saturated heterocycles. The summed E-state index contributed by atoms with van der Waals surface area (Å²) in [5, 5.41) is 31.1. The number of aromatic nitrogens is 4. The van der Waals surface area contributed by atoms with Gasteiger partial charge in [0.15, 0.2) is 5.52 Å². The molecular weight excluding hydrogens is 508 g/mol. The molecule has 0 radical (unpaired) electrons. The zero-order valence-corrected chi connectivity index (χ0v) is 20.2. The number of methoxy groups -OCH3 is 1. The van der Waals surface area contributed by atoms with E-state index in [4.69, 9.17) is 9.47 Å². The maximum atomic E-state index is 12.5. The first-order chi connectivity index (χ1) is 16.4. The van der Waals surface area contributed by atoms with Crippen molar-refractivity contribution in [2.45, 2.75) is 31.9 Å². The van der Waals surface area contributed by atoms with E-state index in [0.717, 1.165) is 43.8 Å². The molecule has 0 aliphatic carbocycles. The van der Waals surface area contributed by atoms with E-state index in [1.807, 2.05) is 12.3 Å². The number of anilines is 1. The molecule has 1 fully saturated rings. The summed E-state index contributed by atoms with van der Waals surface area (Å²) in [7, 11) is 1.62. The molecule has 0 bridgehead atoms. The molecule has 34 heavy (non-hydrogen) atoms. The van der Waals surface area contributed by atoms with E-state index in [9.17, 15) is 15.2 Å². The third-order valence-corrected chi connectivity index (χ3v) is 6.09. The number of nitrogens with zero attached hydrogens (tertiary/aromatic N) is 5. The summed E-state index contributed by atoms with van der Waals surface area (Å²) in [5.41, 5.74) is 1.39. The van der Waals surface area contributed by atoms with Gasteiger partial charge < -0.3 is 19.9 Å². The molecule has 0 amide bonds. The summed E-state index contributed by atoms with van der Waals surface area (Å²) >= 11 is 3.26. The second kappa shape index (κ2) is 10.8. The van der Waals surface area contributed by atoms with E-state index >= 15 is 0 Å². The Labute approximate surface area is 204 Å². The van der Waals surface area contributed by atoms with Crippen molar-refractivity contribution in [1.82, 2.24) is 15.0 Å². The van der Waals surface area contributed by atoms with Crippen LogP contribution in [0.5, 0.6) is 5.75 Å². The zero-order valence-electron chi connectivity index (χ0n) is 18.6. The first-order valence-electron chi connectivity index (χ1n) is 10.9. The number of fused-ring (bicyclic) bond motifs is 1. The van der Waals surface area contributed by atoms with Gasteiger partial charge in [0.2, 0.25) is 5.10 Å². The van der Waals surface area contributed by atoms with Crippen LogP contribution >= 0.6 is 15.9 Å². The van der Waals surface area contributed by atoms with Gasteiger partial charge in [0, 0.05) is 41.2 Å². The summed E-state index contributed by atoms with van der Waals surface area (Å²) in [6.07, 6.45) is 4.90. The number of hydrogen-bond donors (Lipinski definition) is 1. The predicted molar refractivity (Wildman–Crippen MR) is 126 cm³/mol. The highest BCUT2D eigenvalue weighted by Gasteiger charge is 2.24. The van der Waals surface area contributed by atoms with Gasteiger partial charge in [-0.05, 0) is 36.6 Å². The number of ether oxygens (including phenoxy) is 2. The van der Waals surface area contributed by atoms with Crippen molar-refractivity contribution in [2.75, 3.05) is 32.1 Å². The van der Waals surface area contributed by atoms with Crippen molar-refractivity contribution < 1.29 is 23.8 Å². The second-order valence-electron chi connectivity index (χ2n) is 8.00. The molecule has 11 nitrogen and oxygen atoms in total. The SMILES string of the molecule is COc1cncc(CN2CCC(OC(=O)CCNc3n[n+]([O-])c4cc(Br)ccc4[n+]3[O-])CC2)c1. The van der Waals surface area contributed by atoms with Crippen molar-refractivity contribution in [2.24, 2.45) is 0 Å². The maximum absolute atomic E-state index is 12.5. The van der Waals surface area contributed by atoms with Crippen molar-refractivity contribution >= 4 is 38.9 Å².